The summed E-state index contributed by atoms with van der Waals surface area (Å²) in [6, 6.07) is 8.43. The minimum absolute atomic E-state index is 0.252. The fraction of sp³-hybridized carbons (Fsp3) is 0.154. The van der Waals surface area contributed by atoms with Crippen LogP contribution in [0.25, 0.3) is 17.4 Å². The van der Waals surface area contributed by atoms with Gasteiger partial charge in [-0.05, 0) is 56.7 Å². The molecular formula is C26H23N3O4. The number of furan rings is 1. The zero-order valence-corrected chi connectivity index (χ0v) is 18.6. The fourth-order valence-electron chi connectivity index (χ4n) is 3.52. The standard InChI is InChI=1S/C26H23N3O4/c1-5-15(3)7-9-18(6-2)29-26(32)21(16(4)28-29)14-19-10-12-23(33-19)17-8-11-20-22(13-17)25(31)27-24(20)30/h6-14H,3,5H2,1-2,4H3,(H,27,30,31)/b9-7-,18-6+,21-14+. The van der Waals surface area contributed by atoms with Crippen molar-refractivity contribution in [2.75, 3.05) is 0 Å². The molecule has 166 valence electrons. The summed E-state index contributed by atoms with van der Waals surface area (Å²) in [5.74, 6) is -0.0880. The van der Waals surface area contributed by atoms with Crippen molar-refractivity contribution < 1.29 is 18.8 Å². The molecule has 7 heteroatoms. The van der Waals surface area contributed by atoms with E-state index in [0.29, 0.717) is 45.2 Å². The second kappa shape index (κ2) is 8.70. The quantitative estimate of drug-likeness (QED) is 0.394. The summed E-state index contributed by atoms with van der Waals surface area (Å²) < 4.78 is 5.91. The number of allylic oxidation sites excluding steroid dienone is 4. The molecule has 1 N–H and O–H groups in total. The highest BCUT2D eigenvalue weighted by Crippen LogP contribution is 2.29. The maximum absolute atomic E-state index is 13.0. The minimum Gasteiger partial charge on any atom is -0.457 e. The second-order valence-corrected chi connectivity index (χ2v) is 7.66. The molecule has 0 bridgehead atoms. The smallest absolute Gasteiger partial charge is 0.280 e. The van der Waals surface area contributed by atoms with Crippen LogP contribution in [0.15, 0.2) is 81.5 Å². The van der Waals surface area contributed by atoms with Gasteiger partial charge in [0.05, 0.1) is 28.1 Å². The molecule has 33 heavy (non-hydrogen) atoms. The van der Waals surface area contributed by atoms with Crippen LogP contribution in [0, 0.1) is 0 Å². The largest absolute Gasteiger partial charge is 0.457 e. The van der Waals surface area contributed by atoms with Crippen LogP contribution < -0.4 is 5.32 Å². The first-order valence-corrected chi connectivity index (χ1v) is 10.6. The third-order valence-electron chi connectivity index (χ3n) is 5.48. The number of fused-ring (bicyclic) bond motifs is 1. The number of benzene rings is 1. The van der Waals surface area contributed by atoms with Crippen molar-refractivity contribution in [3.05, 3.63) is 88.9 Å². The molecule has 2 aliphatic rings. The number of hydrazone groups is 1. The van der Waals surface area contributed by atoms with E-state index in [4.69, 9.17) is 4.42 Å². The van der Waals surface area contributed by atoms with Crippen molar-refractivity contribution in [1.29, 1.82) is 0 Å². The molecule has 4 rings (SSSR count). The Morgan fingerprint density at radius 3 is 2.61 bits per heavy atom. The maximum atomic E-state index is 13.0. The highest BCUT2D eigenvalue weighted by atomic mass is 16.3. The highest BCUT2D eigenvalue weighted by molar-refractivity contribution is 6.27. The average Bonchev–Trinajstić information content (AvgIpc) is 3.47. The number of rotatable bonds is 6. The molecule has 7 nitrogen and oxygen atoms in total. The molecule has 3 heterocycles. The van der Waals surface area contributed by atoms with E-state index < -0.39 is 11.8 Å². The average molecular weight is 441 g/mol. The number of amides is 3. The van der Waals surface area contributed by atoms with E-state index >= 15 is 0 Å². The Labute approximate surface area is 191 Å². The van der Waals surface area contributed by atoms with Gasteiger partial charge in [-0.25, -0.2) is 0 Å². The number of carbonyl (C=O) groups excluding carboxylic acids is 3. The number of hydrogen-bond acceptors (Lipinski definition) is 5. The molecular weight excluding hydrogens is 418 g/mol. The monoisotopic (exact) mass is 441 g/mol. The van der Waals surface area contributed by atoms with Crippen molar-refractivity contribution in [3.8, 4) is 11.3 Å². The van der Waals surface area contributed by atoms with Crippen molar-refractivity contribution >= 4 is 29.5 Å². The lowest BCUT2D eigenvalue weighted by Gasteiger charge is -2.12. The first kappa shape index (κ1) is 22.0. The van der Waals surface area contributed by atoms with E-state index in [2.05, 4.69) is 17.0 Å². The van der Waals surface area contributed by atoms with Crippen molar-refractivity contribution in [1.82, 2.24) is 10.3 Å². The molecule has 2 aromatic rings. The van der Waals surface area contributed by atoms with Crippen LogP contribution in [0.3, 0.4) is 0 Å². The molecule has 0 atom stereocenters. The Bertz CT molecular complexity index is 1320. The molecule has 0 spiro atoms. The van der Waals surface area contributed by atoms with Gasteiger partial charge in [-0.2, -0.15) is 10.1 Å². The van der Waals surface area contributed by atoms with Gasteiger partial charge in [-0.15, -0.1) is 0 Å². The third-order valence-corrected chi connectivity index (χ3v) is 5.48. The van der Waals surface area contributed by atoms with Gasteiger partial charge in [0, 0.05) is 5.56 Å². The summed E-state index contributed by atoms with van der Waals surface area (Å²) in [4.78, 5) is 36.7. The summed E-state index contributed by atoms with van der Waals surface area (Å²) in [5, 5.41) is 8.04. The van der Waals surface area contributed by atoms with E-state index in [-0.39, 0.29) is 5.91 Å². The molecule has 0 radical (unpaired) electrons. The van der Waals surface area contributed by atoms with Gasteiger partial charge >= 0.3 is 0 Å². The van der Waals surface area contributed by atoms with E-state index in [1.54, 1.807) is 43.3 Å². The molecule has 1 aromatic carbocycles. The van der Waals surface area contributed by atoms with Gasteiger partial charge in [-0.1, -0.05) is 37.3 Å². The van der Waals surface area contributed by atoms with Gasteiger partial charge in [0.2, 0.25) is 0 Å². The van der Waals surface area contributed by atoms with E-state index in [0.717, 1.165) is 12.0 Å². The van der Waals surface area contributed by atoms with Crippen LogP contribution >= 0.6 is 0 Å². The number of nitrogens with zero attached hydrogens (tertiary/aromatic N) is 2. The third kappa shape index (κ3) is 4.13. The van der Waals surface area contributed by atoms with Gasteiger partial charge in [0.1, 0.15) is 11.5 Å². The van der Waals surface area contributed by atoms with Gasteiger partial charge in [0.25, 0.3) is 17.7 Å². The molecule has 1 aromatic heterocycles. The Hall–Kier alpha value is -4.26. The molecule has 2 aliphatic heterocycles. The predicted octanol–water partition coefficient (Wildman–Crippen LogP) is 4.86. The number of hydrogen-bond donors (Lipinski definition) is 1. The van der Waals surface area contributed by atoms with Crippen molar-refractivity contribution in [2.45, 2.75) is 27.2 Å². The predicted molar refractivity (Wildman–Crippen MR) is 126 cm³/mol. The Balaban J connectivity index is 1.58. The molecule has 0 fully saturated rings. The van der Waals surface area contributed by atoms with Crippen molar-refractivity contribution in [3.63, 3.8) is 0 Å². The van der Waals surface area contributed by atoms with Gasteiger partial charge in [-0.3, -0.25) is 19.7 Å². The topological polar surface area (TPSA) is 92.0 Å². The zero-order chi connectivity index (χ0) is 23.7. The molecule has 0 aliphatic carbocycles. The van der Waals surface area contributed by atoms with Crippen LogP contribution in [-0.4, -0.2) is 28.4 Å². The molecule has 3 amide bonds. The molecule has 0 saturated heterocycles. The maximum Gasteiger partial charge on any atom is 0.280 e. The first-order chi connectivity index (χ1) is 15.8. The molecule has 0 unspecified atom stereocenters. The molecule has 0 saturated carbocycles. The summed E-state index contributed by atoms with van der Waals surface area (Å²) in [7, 11) is 0. The lowest BCUT2D eigenvalue weighted by atomic mass is 10.0. The highest BCUT2D eigenvalue weighted by Gasteiger charge is 2.30. The first-order valence-electron chi connectivity index (χ1n) is 10.6. The fourth-order valence-corrected chi connectivity index (χ4v) is 3.52. The Morgan fingerprint density at radius 2 is 1.88 bits per heavy atom. The SMILES string of the molecule is C=C(/C=C\C(=C/C)N1N=C(C)/C(=C\c2ccc(-c3ccc4c(c3)C(=O)NC4=O)o2)C1=O)CC. The lowest BCUT2D eigenvalue weighted by molar-refractivity contribution is -0.123. The normalized spacial score (nSPS) is 17.2. The van der Waals surface area contributed by atoms with Crippen LogP contribution in [0.4, 0.5) is 0 Å². The van der Waals surface area contributed by atoms with Crippen molar-refractivity contribution in [2.24, 2.45) is 5.10 Å². The van der Waals surface area contributed by atoms with Crippen LogP contribution in [0.1, 0.15) is 53.7 Å². The lowest BCUT2D eigenvalue weighted by Crippen LogP contribution is -2.20. The zero-order valence-electron chi connectivity index (χ0n) is 18.6. The Kier molecular flexibility index (Phi) is 5.79. The summed E-state index contributed by atoms with van der Waals surface area (Å²) >= 11 is 0. The second-order valence-electron chi connectivity index (χ2n) is 7.66. The van der Waals surface area contributed by atoms with Crippen LogP contribution in [0.5, 0.6) is 0 Å². The number of imide groups is 1. The summed E-state index contributed by atoms with van der Waals surface area (Å²) in [6.45, 7) is 9.58. The van der Waals surface area contributed by atoms with E-state index in [1.807, 2.05) is 32.1 Å². The van der Waals surface area contributed by atoms with Gasteiger partial charge < -0.3 is 4.42 Å². The van der Waals surface area contributed by atoms with Crippen LogP contribution in [-0.2, 0) is 4.79 Å². The van der Waals surface area contributed by atoms with E-state index in [9.17, 15) is 14.4 Å². The number of carbonyl (C=O) groups is 3. The minimum atomic E-state index is -0.425. The van der Waals surface area contributed by atoms with Crippen LogP contribution in [0.2, 0.25) is 0 Å². The number of nitrogens with one attached hydrogen (secondary N) is 1. The summed E-state index contributed by atoms with van der Waals surface area (Å²) in [6.07, 6.45) is 7.98. The van der Waals surface area contributed by atoms with Gasteiger partial charge in [0.15, 0.2) is 0 Å². The van der Waals surface area contributed by atoms with E-state index in [1.165, 1.54) is 5.01 Å². The Morgan fingerprint density at radius 1 is 1.12 bits per heavy atom. The summed E-state index contributed by atoms with van der Waals surface area (Å²) in [5.41, 5.74) is 3.93.